The van der Waals surface area contributed by atoms with Gasteiger partial charge in [-0.2, -0.15) is 0 Å². The smallest absolute Gasteiger partial charge is 0.149 e. The molecule has 3 nitrogen and oxygen atoms in total. The molecule has 0 aliphatic heterocycles. The summed E-state index contributed by atoms with van der Waals surface area (Å²) in [6.45, 7) is 5.50. The van der Waals surface area contributed by atoms with E-state index in [0.717, 1.165) is 0 Å². The molecule has 76 valence electrons. The van der Waals surface area contributed by atoms with Crippen LogP contribution in [0.1, 0.15) is 40.0 Å². The predicted octanol–water partition coefficient (Wildman–Crippen LogP) is 1.30. The largest absolute Gasteiger partial charge is 0.321 e. The third kappa shape index (κ3) is 4.78. The molecule has 0 bridgehead atoms. The molecule has 0 fully saturated rings. The summed E-state index contributed by atoms with van der Waals surface area (Å²) in [5.41, 5.74) is 5.57. The Balaban J connectivity index is 3.76. The van der Waals surface area contributed by atoms with Crippen LogP contribution in [0.2, 0.25) is 0 Å². The van der Waals surface area contributed by atoms with E-state index in [1.165, 1.54) is 0 Å². The van der Waals surface area contributed by atoms with E-state index < -0.39 is 6.04 Å². The predicted molar refractivity (Wildman–Crippen MR) is 52.4 cm³/mol. The summed E-state index contributed by atoms with van der Waals surface area (Å²) in [6, 6.07) is -0.451. The second-order valence-electron chi connectivity index (χ2n) is 3.59. The summed E-state index contributed by atoms with van der Waals surface area (Å²) < 4.78 is 0. The van der Waals surface area contributed by atoms with Crippen molar-refractivity contribution in [3.8, 4) is 0 Å². The van der Waals surface area contributed by atoms with Gasteiger partial charge in [0.25, 0.3) is 0 Å². The lowest BCUT2D eigenvalue weighted by atomic mass is 9.99. The monoisotopic (exact) mass is 185 g/mol. The van der Waals surface area contributed by atoms with Crippen LogP contribution >= 0.6 is 0 Å². The van der Waals surface area contributed by atoms with Crippen molar-refractivity contribution in [3.05, 3.63) is 0 Å². The maximum atomic E-state index is 11.2. The van der Waals surface area contributed by atoms with Gasteiger partial charge in [-0.15, -0.1) is 0 Å². The SMILES string of the molecule is CCC(=O)C(N)CCC(=O)C(C)C. The van der Waals surface area contributed by atoms with E-state index in [2.05, 4.69) is 0 Å². The average Bonchev–Trinajstić information content (AvgIpc) is 2.11. The Labute approximate surface area is 79.7 Å². The Morgan fingerprint density at radius 3 is 2.15 bits per heavy atom. The molecule has 0 aromatic carbocycles. The molecular weight excluding hydrogens is 166 g/mol. The minimum absolute atomic E-state index is 0.0385. The fraction of sp³-hybridized carbons (Fsp3) is 0.800. The molecular formula is C10H19NO2. The summed E-state index contributed by atoms with van der Waals surface area (Å²) >= 11 is 0. The first kappa shape index (κ1) is 12.3. The number of hydrogen-bond donors (Lipinski definition) is 1. The zero-order valence-corrected chi connectivity index (χ0v) is 8.67. The standard InChI is InChI=1S/C10H19NO2/c1-4-9(12)8(11)5-6-10(13)7(2)3/h7-8H,4-6,11H2,1-3H3. The van der Waals surface area contributed by atoms with Gasteiger partial charge in [-0.05, 0) is 6.42 Å². The zero-order chi connectivity index (χ0) is 10.4. The second kappa shape index (κ2) is 5.86. The van der Waals surface area contributed by atoms with Crippen molar-refractivity contribution in [1.29, 1.82) is 0 Å². The van der Waals surface area contributed by atoms with E-state index in [4.69, 9.17) is 5.73 Å². The van der Waals surface area contributed by atoms with Crippen LogP contribution in [0.3, 0.4) is 0 Å². The summed E-state index contributed by atoms with van der Waals surface area (Å²) in [6.07, 6.45) is 1.37. The summed E-state index contributed by atoms with van der Waals surface area (Å²) in [5.74, 6) is 0.264. The summed E-state index contributed by atoms with van der Waals surface area (Å²) in [5, 5.41) is 0. The first-order valence-corrected chi connectivity index (χ1v) is 4.80. The highest BCUT2D eigenvalue weighted by Crippen LogP contribution is 2.04. The Bertz CT molecular complexity index is 187. The van der Waals surface area contributed by atoms with Gasteiger partial charge in [0.15, 0.2) is 0 Å². The van der Waals surface area contributed by atoms with Crippen molar-refractivity contribution in [3.63, 3.8) is 0 Å². The van der Waals surface area contributed by atoms with E-state index in [0.29, 0.717) is 19.3 Å². The fourth-order valence-electron chi connectivity index (χ4n) is 1.01. The van der Waals surface area contributed by atoms with Gasteiger partial charge in [-0.3, -0.25) is 9.59 Å². The van der Waals surface area contributed by atoms with E-state index in [1.807, 2.05) is 13.8 Å². The Morgan fingerprint density at radius 1 is 1.23 bits per heavy atom. The van der Waals surface area contributed by atoms with E-state index in [1.54, 1.807) is 6.92 Å². The minimum Gasteiger partial charge on any atom is -0.321 e. The lowest BCUT2D eigenvalue weighted by Gasteiger charge is -2.09. The van der Waals surface area contributed by atoms with Gasteiger partial charge >= 0.3 is 0 Å². The molecule has 2 N–H and O–H groups in total. The first-order valence-electron chi connectivity index (χ1n) is 4.80. The molecule has 0 aromatic heterocycles. The molecule has 0 rings (SSSR count). The second-order valence-corrected chi connectivity index (χ2v) is 3.59. The van der Waals surface area contributed by atoms with Crippen molar-refractivity contribution in [2.24, 2.45) is 11.7 Å². The third-order valence-corrected chi connectivity index (χ3v) is 2.11. The molecule has 1 atom stereocenters. The summed E-state index contributed by atoms with van der Waals surface area (Å²) in [4.78, 5) is 22.2. The number of nitrogens with two attached hydrogens (primary N) is 1. The van der Waals surface area contributed by atoms with Crippen LogP contribution in [-0.2, 0) is 9.59 Å². The molecule has 0 amide bonds. The Morgan fingerprint density at radius 2 is 1.77 bits per heavy atom. The van der Waals surface area contributed by atoms with Crippen LogP contribution in [0.5, 0.6) is 0 Å². The summed E-state index contributed by atoms with van der Waals surface area (Å²) in [7, 11) is 0. The van der Waals surface area contributed by atoms with Gasteiger partial charge in [0.2, 0.25) is 0 Å². The van der Waals surface area contributed by atoms with Gasteiger partial charge in [-0.1, -0.05) is 20.8 Å². The molecule has 0 heterocycles. The zero-order valence-electron chi connectivity index (χ0n) is 8.67. The first-order chi connectivity index (χ1) is 5.99. The number of carbonyl (C=O) groups is 2. The van der Waals surface area contributed by atoms with E-state index in [-0.39, 0.29) is 17.5 Å². The van der Waals surface area contributed by atoms with Gasteiger partial charge in [0, 0.05) is 18.8 Å². The van der Waals surface area contributed by atoms with Crippen LogP contribution in [0.25, 0.3) is 0 Å². The molecule has 0 aliphatic rings. The highest BCUT2D eigenvalue weighted by molar-refractivity contribution is 5.85. The van der Waals surface area contributed by atoms with Gasteiger partial charge in [-0.25, -0.2) is 0 Å². The maximum Gasteiger partial charge on any atom is 0.149 e. The number of hydrogen-bond acceptors (Lipinski definition) is 3. The van der Waals surface area contributed by atoms with E-state index in [9.17, 15) is 9.59 Å². The molecule has 0 saturated heterocycles. The van der Waals surface area contributed by atoms with Crippen molar-refractivity contribution < 1.29 is 9.59 Å². The Kier molecular flexibility index (Phi) is 5.55. The van der Waals surface area contributed by atoms with E-state index >= 15 is 0 Å². The topological polar surface area (TPSA) is 60.2 Å². The number of carbonyl (C=O) groups excluding carboxylic acids is 2. The van der Waals surface area contributed by atoms with Crippen molar-refractivity contribution in [1.82, 2.24) is 0 Å². The van der Waals surface area contributed by atoms with Crippen LogP contribution in [0.4, 0.5) is 0 Å². The molecule has 0 spiro atoms. The fourth-order valence-corrected chi connectivity index (χ4v) is 1.01. The van der Waals surface area contributed by atoms with Crippen molar-refractivity contribution in [2.45, 2.75) is 46.1 Å². The Hall–Kier alpha value is -0.700. The molecule has 3 heteroatoms. The van der Waals surface area contributed by atoms with Crippen LogP contribution in [-0.4, -0.2) is 17.6 Å². The van der Waals surface area contributed by atoms with Crippen LogP contribution < -0.4 is 5.73 Å². The highest BCUT2D eigenvalue weighted by atomic mass is 16.1. The van der Waals surface area contributed by atoms with Crippen LogP contribution in [0.15, 0.2) is 0 Å². The molecule has 13 heavy (non-hydrogen) atoms. The number of ketones is 2. The number of rotatable bonds is 6. The molecule has 0 aliphatic carbocycles. The lowest BCUT2D eigenvalue weighted by Crippen LogP contribution is -2.30. The van der Waals surface area contributed by atoms with Crippen LogP contribution in [0, 0.1) is 5.92 Å². The van der Waals surface area contributed by atoms with Crippen molar-refractivity contribution >= 4 is 11.6 Å². The minimum atomic E-state index is -0.451. The van der Waals surface area contributed by atoms with Gasteiger partial charge < -0.3 is 5.73 Å². The van der Waals surface area contributed by atoms with Crippen molar-refractivity contribution in [2.75, 3.05) is 0 Å². The van der Waals surface area contributed by atoms with Gasteiger partial charge in [0.1, 0.15) is 11.6 Å². The normalized spacial score (nSPS) is 13.0. The lowest BCUT2D eigenvalue weighted by molar-refractivity contribution is -0.122. The maximum absolute atomic E-state index is 11.2. The molecule has 0 aromatic rings. The molecule has 0 saturated carbocycles. The van der Waals surface area contributed by atoms with Gasteiger partial charge in [0.05, 0.1) is 6.04 Å². The average molecular weight is 185 g/mol. The quantitative estimate of drug-likeness (QED) is 0.678. The number of Topliss-reactive ketones (excluding diaryl/α,β-unsaturated/α-hetero) is 2. The third-order valence-electron chi connectivity index (χ3n) is 2.11. The molecule has 1 unspecified atom stereocenters. The molecule has 0 radical (unpaired) electrons. The highest BCUT2D eigenvalue weighted by Gasteiger charge is 2.14.